The van der Waals surface area contributed by atoms with E-state index in [0.717, 1.165) is 12.0 Å². The lowest BCUT2D eigenvalue weighted by molar-refractivity contribution is 0.0600. The van der Waals surface area contributed by atoms with Crippen molar-refractivity contribution < 1.29 is 22.7 Å². The lowest BCUT2D eigenvalue weighted by atomic mass is 9.99. The molecule has 0 saturated carbocycles. The van der Waals surface area contributed by atoms with Crippen LogP contribution in [0.3, 0.4) is 0 Å². The molecular formula is C19H21N3O5S. The molecule has 1 atom stereocenters. The molecule has 3 rings (SSSR count). The highest BCUT2D eigenvalue weighted by Crippen LogP contribution is 2.23. The summed E-state index contributed by atoms with van der Waals surface area (Å²) in [7, 11) is -2.46. The Labute approximate surface area is 163 Å². The van der Waals surface area contributed by atoms with Gasteiger partial charge in [-0.25, -0.2) is 18.4 Å². The van der Waals surface area contributed by atoms with Gasteiger partial charge >= 0.3 is 5.97 Å². The van der Waals surface area contributed by atoms with E-state index in [4.69, 9.17) is 9.88 Å². The van der Waals surface area contributed by atoms with Crippen LogP contribution in [-0.4, -0.2) is 50.4 Å². The van der Waals surface area contributed by atoms with Crippen molar-refractivity contribution in [1.82, 2.24) is 9.88 Å². The van der Waals surface area contributed by atoms with E-state index < -0.39 is 16.0 Å². The number of methoxy groups -OCH3 is 1. The molecule has 0 radical (unpaired) electrons. The van der Waals surface area contributed by atoms with E-state index in [9.17, 15) is 18.0 Å². The topological polar surface area (TPSA) is 120 Å². The van der Waals surface area contributed by atoms with E-state index in [1.165, 1.54) is 37.6 Å². The average Bonchev–Trinajstić information content (AvgIpc) is 3.15. The van der Waals surface area contributed by atoms with Gasteiger partial charge < -0.3 is 9.64 Å². The number of carbonyl (C=O) groups is 2. The minimum Gasteiger partial charge on any atom is -0.465 e. The van der Waals surface area contributed by atoms with Crippen LogP contribution in [0.25, 0.3) is 0 Å². The van der Waals surface area contributed by atoms with Gasteiger partial charge in [0.25, 0.3) is 5.91 Å². The van der Waals surface area contributed by atoms with Crippen molar-refractivity contribution >= 4 is 21.9 Å². The second-order valence-electron chi connectivity index (χ2n) is 6.75. The molecule has 0 bridgehead atoms. The molecule has 148 valence electrons. The SMILES string of the molecule is COC(=O)c1cncc(CC2CCN(C(=O)c3ccc(S(N)(=O)=O)cc3)C2)c1. The first-order valence-electron chi connectivity index (χ1n) is 8.72. The summed E-state index contributed by atoms with van der Waals surface area (Å²) in [5.74, 6) is -0.326. The third kappa shape index (κ3) is 4.55. The van der Waals surface area contributed by atoms with Crippen LogP contribution >= 0.6 is 0 Å². The van der Waals surface area contributed by atoms with E-state index in [1.54, 1.807) is 17.2 Å². The zero-order valence-corrected chi connectivity index (χ0v) is 16.2. The van der Waals surface area contributed by atoms with Gasteiger partial charge in [-0.2, -0.15) is 0 Å². The van der Waals surface area contributed by atoms with Gasteiger partial charge in [0.1, 0.15) is 0 Å². The summed E-state index contributed by atoms with van der Waals surface area (Å²) in [4.78, 5) is 30.1. The molecule has 1 amide bonds. The molecule has 1 aliphatic heterocycles. The second-order valence-corrected chi connectivity index (χ2v) is 8.31. The molecule has 8 nitrogen and oxygen atoms in total. The van der Waals surface area contributed by atoms with Crippen molar-refractivity contribution in [3.63, 3.8) is 0 Å². The van der Waals surface area contributed by atoms with Gasteiger partial charge in [-0.3, -0.25) is 9.78 Å². The monoisotopic (exact) mass is 403 g/mol. The summed E-state index contributed by atoms with van der Waals surface area (Å²) >= 11 is 0. The number of rotatable bonds is 5. The number of nitrogens with zero attached hydrogens (tertiary/aromatic N) is 2. The fourth-order valence-corrected chi connectivity index (χ4v) is 3.83. The Morgan fingerprint density at radius 2 is 1.93 bits per heavy atom. The van der Waals surface area contributed by atoms with Gasteiger partial charge in [0, 0.05) is 31.0 Å². The second kappa shape index (κ2) is 8.07. The third-order valence-corrected chi connectivity index (χ3v) is 5.67. The molecule has 1 unspecified atom stereocenters. The normalized spacial score (nSPS) is 16.8. The van der Waals surface area contributed by atoms with Gasteiger partial charge in [0.2, 0.25) is 10.0 Å². The summed E-state index contributed by atoms with van der Waals surface area (Å²) in [5.41, 5.74) is 1.74. The molecular weight excluding hydrogens is 382 g/mol. The molecule has 2 heterocycles. The number of pyridine rings is 1. The van der Waals surface area contributed by atoms with Gasteiger partial charge in [-0.1, -0.05) is 0 Å². The van der Waals surface area contributed by atoms with Crippen LogP contribution < -0.4 is 5.14 Å². The molecule has 1 saturated heterocycles. The van der Waals surface area contributed by atoms with Crippen LogP contribution in [0.15, 0.2) is 47.6 Å². The van der Waals surface area contributed by atoms with Gasteiger partial charge in [-0.05, 0) is 54.7 Å². The smallest absolute Gasteiger partial charge is 0.339 e. The number of carbonyl (C=O) groups excluding carboxylic acids is 2. The fraction of sp³-hybridized carbons (Fsp3) is 0.316. The Bertz CT molecular complexity index is 989. The average molecular weight is 403 g/mol. The summed E-state index contributed by atoms with van der Waals surface area (Å²) in [6, 6.07) is 7.37. The van der Waals surface area contributed by atoms with E-state index >= 15 is 0 Å². The van der Waals surface area contributed by atoms with Crippen molar-refractivity contribution in [2.75, 3.05) is 20.2 Å². The van der Waals surface area contributed by atoms with Crippen molar-refractivity contribution in [3.05, 3.63) is 59.4 Å². The number of nitrogens with two attached hydrogens (primary N) is 1. The molecule has 0 spiro atoms. The number of sulfonamides is 1. The van der Waals surface area contributed by atoms with Gasteiger partial charge in [-0.15, -0.1) is 0 Å². The van der Waals surface area contributed by atoms with Gasteiger partial charge in [0.05, 0.1) is 17.6 Å². The molecule has 1 aliphatic rings. The predicted molar refractivity (Wildman–Crippen MR) is 101 cm³/mol. The fourth-order valence-electron chi connectivity index (χ4n) is 3.32. The number of benzene rings is 1. The van der Waals surface area contributed by atoms with Crippen LogP contribution in [-0.2, 0) is 21.2 Å². The Morgan fingerprint density at radius 3 is 2.57 bits per heavy atom. The predicted octanol–water partition coefficient (Wildman–Crippen LogP) is 1.22. The van der Waals surface area contributed by atoms with E-state index in [2.05, 4.69) is 4.98 Å². The molecule has 1 aromatic carbocycles. The molecule has 2 aromatic rings. The Kier molecular flexibility index (Phi) is 5.76. The Hall–Kier alpha value is -2.78. The summed E-state index contributed by atoms with van der Waals surface area (Å²) in [5, 5.41) is 5.08. The molecule has 2 N–H and O–H groups in total. The summed E-state index contributed by atoms with van der Waals surface area (Å²) in [6.07, 6.45) is 4.71. The highest BCUT2D eigenvalue weighted by Gasteiger charge is 2.27. The molecule has 0 aliphatic carbocycles. The maximum absolute atomic E-state index is 12.7. The lowest BCUT2D eigenvalue weighted by Gasteiger charge is -2.17. The Morgan fingerprint density at radius 1 is 1.21 bits per heavy atom. The minimum absolute atomic E-state index is 0.0265. The minimum atomic E-state index is -3.78. The first-order valence-corrected chi connectivity index (χ1v) is 10.3. The van der Waals surface area contributed by atoms with E-state index in [-0.39, 0.29) is 16.7 Å². The maximum atomic E-state index is 12.7. The lowest BCUT2D eigenvalue weighted by Crippen LogP contribution is -2.29. The van der Waals surface area contributed by atoms with Crippen molar-refractivity contribution in [1.29, 1.82) is 0 Å². The zero-order valence-electron chi connectivity index (χ0n) is 15.4. The first kappa shape index (κ1) is 20.0. The Balaban J connectivity index is 1.63. The van der Waals surface area contributed by atoms with Gasteiger partial charge in [0.15, 0.2) is 0 Å². The molecule has 1 fully saturated rings. The first-order chi connectivity index (χ1) is 13.3. The van der Waals surface area contributed by atoms with Crippen LogP contribution in [0.1, 0.15) is 32.7 Å². The summed E-state index contributed by atoms with van der Waals surface area (Å²) in [6.45, 7) is 1.20. The number of ether oxygens (including phenoxy) is 1. The molecule has 9 heteroatoms. The molecule has 28 heavy (non-hydrogen) atoms. The number of hydrogen-bond acceptors (Lipinski definition) is 6. The zero-order chi connectivity index (χ0) is 20.3. The standard InChI is InChI=1S/C19H21N3O5S/c1-27-19(24)16-9-14(10-21-11-16)8-13-6-7-22(12-13)18(23)15-2-4-17(5-3-15)28(20,25)26/h2-5,9-11,13H,6-8,12H2,1H3,(H2,20,25,26). The van der Waals surface area contributed by atoms with E-state index in [1.807, 2.05) is 0 Å². The number of aromatic nitrogens is 1. The number of primary sulfonamides is 1. The van der Waals surface area contributed by atoms with Crippen molar-refractivity contribution in [3.8, 4) is 0 Å². The number of likely N-dealkylation sites (tertiary alicyclic amines) is 1. The molecule has 1 aromatic heterocycles. The highest BCUT2D eigenvalue weighted by molar-refractivity contribution is 7.89. The quantitative estimate of drug-likeness (QED) is 0.750. The highest BCUT2D eigenvalue weighted by atomic mass is 32.2. The van der Waals surface area contributed by atoms with E-state index in [0.29, 0.717) is 30.6 Å². The van der Waals surface area contributed by atoms with Crippen LogP contribution in [0.2, 0.25) is 0 Å². The number of esters is 1. The third-order valence-electron chi connectivity index (χ3n) is 4.74. The van der Waals surface area contributed by atoms with Crippen LogP contribution in [0, 0.1) is 5.92 Å². The van der Waals surface area contributed by atoms with Crippen LogP contribution in [0.4, 0.5) is 0 Å². The maximum Gasteiger partial charge on any atom is 0.339 e. The summed E-state index contributed by atoms with van der Waals surface area (Å²) < 4.78 is 27.4. The number of amides is 1. The largest absolute Gasteiger partial charge is 0.465 e. The van der Waals surface area contributed by atoms with Crippen molar-refractivity contribution in [2.24, 2.45) is 11.1 Å². The van der Waals surface area contributed by atoms with Crippen molar-refractivity contribution in [2.45, 2.75) is 17.7 Å². The number of hydrogen-bond donors (Lipinski definition) is 1. The van der Waals surface area contributed by atoms with Crippen LogP contribution in [0.5, 0.6) is 0 Å².